The standard InChI is InChI=1S/C18H18N4O6/c1-18(2,3)20(17(24)13-9-5-7-11-15(13)22(27)28)19-16(23)12-8-4-6-10-14(12)21(25)26/h4-11H,1-3H3,(H,19,23). The summed E-state index contributed by atoms with van der Waals surface area (Å²) in [5.74, 6) is -1.69. The second kappa shape index (κ2) is 7.82. The molecule has 0 radical (unpaired) electrons. The summed E-state index contributed by atoms with van der Waals surface area (Å²) >= 11 is 0. The van der Waals surface area contributed by atoms with Crippen LogP contribution in [0.4, 0.5) is 11.4 Å². The summed E-state index contributed by atoms with van der Waals surface area (Å²) in [6.45, 7) is 4.83. The van der Waals surface area contributed by atoms with Crippen molar-refractivity contribution in [1.29, 1.82) is 0 Å². The lowest BCUT2D eigenvalue weighted by Crippen LogP contribution is -2.56. The topological polar surface area (TPSA) is 136 Å². The van der Waals surface area contributed by atoms with Crippen LogP contribution in [-0.2, 0) is 0 Å². The molecular weight excluding hydrogens is 368 g/mol. The van der Waals surface area contributed by atoms with Crippen molar-refractivity contribution in [3.8, 4) is 0 Å². The van der Waals surface area contributed by atoms with Crippen LogP contribution < -0.4 is 5.43 Å². The highest BCUT2D eigenvalue weighted by Gasteiger charge is 2.34. The van der Waals surface area contributed by atoms with Crippen LogP contribution in [-0.4, -0.2) is 32.2 Å². The smallest absolute Gasteiger partial charge is 0.267 e. The highest BCUT2D eigenvalue weighted by molar-refractivity contribution is 6.02. The van der Waals surface area contributed by atoms with Gasteiger partial charge in [0, 0.05) is 12.1 Å². The fourth-order valence-corrected chi connectivity index (χ4v) is 2.44. The van der Waals surface area contributed by atoms with Gasteiger partial charge < -0.3 is 0 Å². The molecule has 0 aliphatic rings. The van der Waals surface area contributed by atoms with Gasteiger partial charge in [0.05, 0.1) is 15.4 Å². The molecule has 10 nitrogen and oxygen atoms in total. The van der Waals surface area contributed by atoms with E-state index in [1.54, 1.807) is 20.8 Å². The first-order chi connectivity index (χ1) is 13.0. The fraction of sp³-hybridized carbons (Fsp3) is 0.222. The number of nitrogens with zero attached hydrogens (tertiary/aromatic N) is 3. The number of amides is 2. The normalized spacial score (nSPS) is 10.8. The van der Waals surface area contributed by atoms with Crippen LogP contribution in [0.15, 0.2) is 48.5 Å². The molecule has 0 unspecified atom stereocenters. The molecule has 0 atom stereocenters. The lowest BCUT2D eigenvalue weighted by Gasteiger charge is -2.35. The van der Waals surface area contributed by atoms with Crippen LogP contribution in [0.5, 0.6) is 0 Å². The third-order valence-corrected chi connectivity index (χ3v) is 3.76. The molecule has 0 aromatic heterocycles. The highest BCUT2D eigenvalue weighted by Crippen LogP contribution is 2.24. The van der Waals surface area contributed by atoms with Crippen molar-refractivity contribution >= 4 is 23.2 Å². The van der Waals surface area contributed by atoms with Crippen molar-refractivity contribution in [2.24, 2.45) is 0 Å². The Morgan fingerprint density at radius 1 is 0.857 bits per heavy atom. The highest BCUT2D eigenvalue weighted by atomic mass is 16.6. The molecule has 10 heteroatoms. The first-order valence-electron chi connectivity index (χ1n) is 8.16. The van der Waals surface area contributed by atoms with Crippen LogP contribution in [0.1, 0.15) is 41.5 Å². The van der Waals surface area contributed by atoms with Crippen molar-refractivity contribution < 1.29 is 19.4 Å². The van der Waals surface area contributed by atoms with Crippen molar-refractivity contribution in [3.05, 3.63) is 79.9 Å². The van der Waals surface area contributed by atoms with Gasteiger partial charge in [-0.15, -0.1) is 0 Å². The number of carbonyl (C=O) groups is 2. The van der Waals surface area contributed by atoms with Crippen molar-refractivity contribution in [3.63, 3.8) is 0 Å². The molecule has 0 fully saturated rings. The zero-order valence-electron chi connectivity index (χ0n) is 15.4. The van der Waals surface area contributed by atoms with Gasteiger partial charge in [0.15, 0.2) is 0 Å². The third-order valence-electron chi connectivity index (χ3n) is 3.76. The van der Waals surface area contributed by atoms with Gasteiger partial charge in [0.2, 0.25) is 0 Å². The van der Waals surface area contributed by atoms with Gasteiger partial charge in [0.25, 0.3) is 23.2 Å². The molecule has 2 amide bonds. The van der Waals surface area contributed by atoms with Gasteiger partial charge in [-0.3, -0.25) is 35.2 Å². The summed E-state index contributed by atoms with van der Waals surface area (Å²) in [6.07, 6.45) is 0. The van der Waals surface area contributed by atoms with Crippen LogP contribution in [0.3, 0.4) is 0 Å². The molecule has 0 saturated carbocycles. The maximum atomic E-state index is 13.0. The zero-order chi connectivity index (χ0) is 21.1. The van der Waals surface area contributed by atoms with Crippen LogP contribution in [0.2, 0.25) is 0 Å². The summed E-state index contributed by atoms with van der Waals surface area (Å²) in [5.41, 5.74) is 0.0832. The Morgan fingerprint density at radius 2 is 1.29 bits per heavy atom. The first-order valence-corrected chi connectivity index (χ1v) is 8.16. The van der Waals surface area contributed by atoms with E-state index >= 15 is 0 Å². The molecule has 28 heavy (non-hydrogen) atoms. The van der Waals surface area contributed by atoms with E-state index in [-0.39, 0.29) is 11.1 Å². The summed E-state index contributed by atoms with van der Waals surface area (Å²) in [4.78, 5) is 46.6. The van der Waals surface area contributed by atoms with Crippen LogP contribution >= 0.6 is 0 Å². The molecule has 0 spiro atoms. The largest absolute Gasteiger partial charge is 0.282 e. The predicted molar refractivity (Wildman–Crippen MR) is 99.6 cm³/mol. The Hall–Kier alpha value is -3.82. The average molecular weight is 386 g/mol. The number of nitrogens with one attached hydrogen (secondary N) is 1. The maximum absolute atomic E-state index is 13.0. The second-order valence-electron chi connectivity index (χ2n) is 6.80. The van der Waals surface area contributed by atoms with Crippen molar-refractivity contribution in [2.75, 3.05) is 0 Å². The van der Waals surface area contributed by atoms with E-state index in [9.17, 15) is 29.8 Å². The maximum Gasteiger partial charge on any atom is 0.282 e. The Balaban J connectivity index is 2.44. The van der Waals surface area contributed by atoms with Gasteiger partial charge in [-0.05, 0) is 32.9 Å². The molecule has 2 aromatic rings. The molecule has 0 saturated heterocycles. The minimum Gasteiger partial charge on any atom is -0.267 e. The average Bonchev–Trinajstić information content (AvgIpc) is 2.64. The van der Waals surface area contributed by atoms with E-state index < -0.39 is 38.6 Å². The number of para-hydroxylation sites is 2. The number of hydrogen-bond donors (Lipinski definition) is 1. The van der Waals surface area contributed by atoms with Gasteiger partial charge in [-0.2, -0.15) is 0 Å². The van der Waals surface area contributed by atoms with E-state index in [1.807, 2.05) is 0 Å². The molecule has 0 aliphatic carbocycles. The molecular formula is C18H18N4O6. The number of hydrazine groups is 1. The zero-order valence-corrected chi connectivity index (χ0v) is 15.4. The van der Waals surface area contributed by atoms with E-state index in [0.29, 0.717) is 0 Å². The van der Waals surface area contributed by atoms with Crippen molar-refractivity contribution in [2.45, 2.75) is 26.3 Å². The van der Waals surface area contributed by atoms with Crippen LogP contribution in [0.25, 0.3) is 0 Å². The molecule has 2 aromatic carbocycles. The number of benzene rings is 2. The minimum atomic E-state index is -0.972. The predicted octanol–water partition coefficient (Wildman–Crippen LogP) is 3.09. The Morgan fingerprint density at radius 3 is 1.75 bits per heavy atom. The van der Waals surface area contributed by atoms with E-state index in [0.717, 1.165) is 5.01 Å². The first kappa shape index (κ1) is 20.5. The molecule has 0 heterocycles. The van der Waals surface area contributed by atoms with Crippen molar-refractivity contribution in [1.82, 2.24) is 10.4 Å². The molecule has 146 valence electrons. The van der Waals surface area contributed by atoms with Crippen LogP contribution in [0, 0.1) is 20.2 Å². The summed E-state index contributed by atoms with van der Waals surface area (Å²) in [6, 6.07) is 10.6. The number of carbonyl (C=O) groups excluding carboxylic acids is 2. The Labute approximate surface area is 160 Å². The van der Waals surface area contributed by atoms with Gasteiger partial charge >= 0.3 is 0 Å². The molecule has 0 bridgehead atoms. The quantitative estimate of drug-likeness (QED) is 0.633. The lowest BCUT2D eigenvalue weighted by atomic mass is 10.1. The summed E-state index contributed by atoms with van der Waals surface area (Å²) in [7, 11) is 0. The Kier molecular flexibility index (Phi) is 5.73. The minimum absolute atomic E-state index is 0.217. The summed E-state index contributed by atoms with van der Waals surface area (Å²) < 4.78 is 0. The number of rotatable bonds is 4. The monoisotopic (exact) mass is 386 g/mol. The third kappa shape index (κ3) is 4.29. The number of nitro benzene ring substituents is 2. The van der Waals surface area contributed by atoms with E-state index in [4.69, 9.17) is 0 Å². The number of nitro groups is 2. The second-order valence-corrected chi connectivity index (χ2v) is 6.80. The molecule has 2 rings (SSSR count). The van der Waals surface area contributed by atoms with E-state index in [2.05, 4.69) is 5.43 Å². The Bertz CT molecular complexity index is 951. The number of hydrogen-bond acceptors (Lipinski definition) is 6. The van der Waals surface area contributed by atoms with Gasteiger partial charge in [-0.1, -0.05) is 24.3 Å². The summed E-state index contributed by atoms with van der Waals surface area (Å²) in [5, 5.41) is 23.3. The fourth-order valence-electron chi connectivity index (χ4n) is 2.44. The lowest BCUT2D eigenvalue weighted by molar-refractivity contribution is -0.385. The SMILES string of the molecule is CC(C)(C)N(NC(=O)c1ccccc1[N+](=O)[O-])C(=O)c1ccccc1[N+](=O)[O-]. The molecule has 0 aliphatic heterocycles. The van der Waals surface area contributed by atoms with Gasteiger partial charge in [-0.25, -0.2) is 5.01 Å². The van der Waals surface area contributed by atoms with Gasteiger partial charge in [0.1, 0.15) is 11.1 Å². The van der Waals surface area contributed by atoms with E-state index in [1.165, 1.54) is 48.5 Å². The molecule has 1 N–H and O–H groups in total.